The van der Waals surface area contributed by atoms with Crippen LogP contribution in [0, 0.1) is 0 Å². The molecule has 0 aliphatic rings. The molecule has 0 atom stereocenters. The minimum Gasteiger partial charge on any atom is -0.459 e. The first-order chi connectivity index (χ1) is 13.3. The van der Waals surface area contributed by atoms with E-state index in [1.807, 2.05) is 18.2 Å². The molecule has 0 aliphatic carbocycles. The Balaban J connectivity index is 1.52. The molecule has 146 valence electrons. The number of benzene rings is 2. The smallest absolute Gasteiger partial charge is 0.239 e. The summed E-state index contributed by atoms with van der Waals surface area (Å²) in [7, 11) is -3.29. The maximum atomic E-state index is 12.0. The van der Waals surface area contributed by atoms with E-state index in [2.05, 4.69) is 10.6 Å². The van der Waals surface area contributed by atoms with Crippen LogP contribution in [0.15, 0.2) is 70.0 Å². The number of carbonyl (C=O) groups is 1. The van der Waals surface area contributed by atoms with Crippen molar-refractivity contribution < 1.29 is 17.6 Å². The molecule has 2 aromatic carbocycles. The van der Waals surface area contributed by atoms with E-state index in [9.17, 15) is 13.2 Å². The zero-order valence-electron chi connectivity index (χ0n) is 15.1. The molecule has 6 nitrogen and oxygen atoms in total. The molecule has 0 saturated carbocycles. The molecule has 0 fully saturated rings. The summed E-state index contributed by atoms with van der Waals surface area (Å²) in [4.78, 5) is 12.2. The minimum atomic E-state index is -3.29. The zero-order chi connectivity index (χ0) is 20.1. The Morgan fingerprint density at radius 3 is 2.54 bits per heavy atom. The first kappa shape index (κ1) is 20.0. The van der Waals surface area contributed by atoms with Crippen LogP contribution in [0.1, 0.15) is 5.76 Å². The summed E-state index contributed by atoms with van der Waals surface area (Å²) in [6, 6.07) is 17.2. The van der Waals surface area contributed by atoms with E-state index in [0.717, 1.165) is 11.8 Å². The molecule has 1 amide bonds. The Bertz CT molecular complexity index is 1080. The van der Waals surface area contributed by atoms with Crippen LogP contribution in [0.3, 0.4) is 0 Å². The van der Waals surface area contributed by atoms with Gasteiger partial charge < -0.3 is 15.1 Å². The molecule has 1 heterocycles. The number of rotatable bonds is 7. The quantitative estimate of drug-likeness (QED) is 0.610. The molecule has 0 aliphatic heterocycles. The van der Waals surface area contributed by atoms with Crippen LogP contribution >= 0.6 is 11.6 Å². The third kappa shape index (κ3) is 5.37. The molecule has 0 spiro atoms. The van der Waals surface area contributed by atoms with E-state index < -0.39 is 9.84 Å². The maximum absolute atomic E-state index is 12.0. The van der Waals surface area contributed by atoms with Crippen molar-refractivity contribution in [2.75, 3.05) is 18.1 Å². The average Bonchev–Trinajstić information content (AvgIpc) is 3.14. The van der Waals surface area contributed by atoms with Crippen molar-refractivity contribution in [3.05, 3.63) is 71.4 Å². The number of hydrogen-bond acceptors (Lipinski definition) is 5. The Labute approximate surface area is 168 Å². The number of hydrogen-bond donors (Lipinski definition) is 2. The van der Waals surface area contributed by atoms with Gasteiger partial charge in [0.15, 0.2) is 9.84 Å². The predicted octanol–water partition coefficient (Wildman–Crippen LogP) is 3.73. The highest BCUT2D eigenvalue weighted by atomic mass is 35.5. The minimum absolute atomic E-state index is 0.0119. The highest BCUT2D eigenvalue weighted by Crippen LogP contribution is 2.23. The number of halogens is 1. The van der Waals surface area contributed by atoms with Crippen molar-refractivity contribution in [3.63, 3.8) is 0 Å². The van der Waals surface area contributed by atoms with Crippen molar-refractivity contribution in [2.24, 2.45) is 0 Å². The fraction of sp³-hybridized carbons (Fsp3) is 0.150. The highest BCUT2D eigenvalue weighted by molar-refractivity contribution is 7.90. The normalized spacial score (nSPS) is 11.2. The molecule has 0 unspecified atom stereocenters. The second-order valence-electron chi connectivity index (χ2n) is 6.20. The lowest BCUT2D eigenvalue weighted by Crippen LogP contribution is -2.29. The molecule has 2 N–H and O–H groups in total. The molecule has 0 radical (unpaired) electrons. The summed E-state index contributed by atoms with van der Waals surface area (Å²) in [6.45, 7) is 0.259. The summed E-state index contributed by atoms with van der Waals surface area (Å²) in [5.41, 5.74) is 1.45. The third-order valence-electron chi connectivity index (χ3n) is 3.97. The zero-order valence-corrected chi connectivity index (χ0v) is 16.7. The molecule has 3 aromatic rings. The Hall–Kier alpha value is -2.77. The first-order valence-corrected chi connectivity index (χ1v) is 10.7. The summed E-state index contributed by atoms with van der Waals surface area (Å²) in [5, 5.41) is 6.31. The lowest BCUT2D eigenvalue weighted by atomic mass is 10.2. The van der Waals surface area contributed by atoms with Gasteiger partial charge in [0.1, 0.15) is 11.5 Å². The van der Waals surface area contributed by atoms with Crippen LogP contribution in [0.5, 0.6) is 0 Å². The van der Waals surface area contributed by atoms with Crippen LogP contribution < -0.4 is 10.6 Å². The van der Waals surface area contributed by atoms with Crippen molar-refractivity contribution in [1.82, 2.24) is 5.32 Å². The Kier molecular flexibility index (Phi) is 6.06. The molecular weight excluding hydrogens is 400 g/mol. The van der Waals surface area contributed by atoms with E-state index in [1.165, 1.54) is 12.1 Å². The molecule has 1 aromatic heterocycles. The van der Waals surface area contributed by atoms with Gasteiger partial charge in [0.25, 0.3) is 0 Å². The fourth-order valence-corrected chi connectivity index (χ4v) is 3.30. The second-order valence-corrected chi connectivity index (χ2v) is 8.66. The largest absolute Gasteiger partial charge is 0.459 e. The summed E-state index contributed by atoms with van der Waals surface area (Å²) in [5.74, 6) is 1.07. The molecule has 8 heteroatoms. The number of sulfone groups is 1. The highest BCUT2D eigenvalue weighted by Gasteiger charge is 2.09. The number of furan rings is 1. The van der Waals surface area contributed by atoms with Crippen LogP contribution in [-0.2, 0) is 21.2 Å². The van der Waals surface area contributed by atoms with E-state index in [0.29, 0.717) is 22.2 Å². The van der Waals surface area contributed by atoms with Gasteiger partial charge in [-0.2, -0.15) is 0 Å². The third-order valence-corrected chi connectivity index (χ3v) is 5.33. The Morgan fingerprint density at radius 1 is 1.07 bits per heavy atom. The summed E-state index contributed by atoms with van der Waals surface area (Å²) in [6.07, 6.45) is 1.14. The molecule has 0 saturated heterocycles. The number of nitrogens with one attached hydrogen (secondary N) is 2. The van der Waals surface area contributed by atoms with Gasteiger partial charge in [-0.05, 0) is 54.6 Å². The first-order valence-electron chi connectivity index (χ1n) is 8.46. The number of anilines is 1. The van der Waals surface area contributed by atoms with Gasteiger partial charge in [0.2, 0.25) is 5.91 Å². The monoisotopic (exact) mass is 418 g/mol. The van der Waals surface area contributed by atoms with E-state index in [4.69, 9.17) is 16.0 Å². The van der Waals surface area contributed by atoms with Gasteiger partial charge in [0, 0.05) is 22.5 Å². The maximum Gasteiger partial charge on any atom is 0.239 e. The topological polar surface area (TPSA) is 88.4 Å². The van der Waals surface area contributed by atoms with Crippen LogP contribution in [0.2, 0.25) is 5.02 Å². The standard InChI is InChI=1S/C20H19ClN2O4S/c1-28(25,26)18-4-2-3-16(11-18)22-13-20(24)23-12-17-9-10-19(27-17)14-5-7-15(21)8-6-14/h2-11,22H,12-13H2,1H3,(H,23,24). The SMILES string of the molecule is CS(=O)(=O)c1cccc(NCC(=O)NCc2ccc(-c3ccc(Cl)cc3)o2)c1. The van der Waals surface area contributed by atoms with Crippen LogP contribution in [0.25, 0.3) is 11.3 Å². The van der Waals surface area contributed by atoms with Gasteiger partial charge in [-0.25, -0.2) is 8.42 Å². The van der Waals surface area contributed by atoms with Gasteiger partial charge >= 0.3 is 0 Å². The number of amides is 1. The lowest BCUT2D eigenvalue weighted by molar-refractivity contribution is -0.119. The van der Waals surface area contributed by atoms with E-state index in [-0.39, 0.29) is 23.9 Å². The predicted molar refractivity (Wildman–Crippen MR) is 109 cm³/mol. The molecule has 3 rings (SSSR count). The van der Waals surface area contributed by atoms with E-state index in [1.54, 1.807) is 30.3 Å². The molecule has 0 bridgehead atoms. The fourth-order valence-electron chi connectivity index (χ4n) is 2.51. The van der Waals surface area contributed by atoms with Crippen molar-refractivity contribution >= 4 is 33.0 Å². The van der Waals surface area contributed by atoms with Crippen LogP contribution in [-0.4, -0.2) is 27.1 Å². The van der Waals surface area contributed by atoms with Crippen molar-refractivity contribution in [3.8, 4) is 11.3 Å². The average molecular weight is 419 g/mol. The van der Waals surface area contributed by atoms with Gasteiger partial charge in [-0.1, -0.05) is 17.7 Å². The van der Waals surface area contributed by atoms with Gasteiger partial charge in [-0.3, -0.25) is 4.79 Å². The summed E-state index contributed by atoms with van der Waals surface area (Å²) < 4.78 is 28.9. The van der Waals surface area contributed by atoms with Gasteiger partial charge in [0.05, 0.1) is 18.0 Å². The number of carbonyl (C=O) groups excluding carboxylic acids is 1. The second kappa shape index (κ2) is 8.50. The van der Waals surface area contributed by atoms with Crippen LogP contribution in [0.4, 0.5) is 5.69 Å². The molecule has 28 heavy (non-hydrogen) atoms. The van der Waals surface area contributed by atoms with E-state index >= 15 is 0 Å². The van der Waals surface area contributed by atoms with Crippen molar-refractivity contribution in [2.45, 2.75) is 11.4 Å². The Morgan fingerprint density at radius 2 is 1.82 bits per heavy atom. The molecular formula is C20H19ClN2O4S. The van der Waals surface area contributed by atoms with Gasteiger partial charge in [-0.15, -0.1) is 0 Å². The lowest BCUT2D eigenvalue weighted by Gasteiger charge is -2.08. The summed E-state index contributed by atoms with van der Waals surface area (Å²) >= 11 is 5.88. The van der Waals surface area contributed by atoms with Crippen molar-refractivity contribution in [1.29, 1.82) is 0 Å².